The lowest BCUT2D eigenvalue weighted by Gasteiger charge is -2.42. The zero-order valence-electron chi connectivity index (χ0n) is 17.4. The van der Waals surface area contributed by atoms with Crippen molar-refractivity contribution in [1.82, 2.24) is 4.98 Å². The molecule has 0 spiro atoms. The van der Waals surface area contributed by atoms with Gasteiger partial charge in [-0.2, -0.15) is 0 Å². The monoisotopic (exact) mass is 453 g/mol. The third kappa shape index (κ3) is 3.55. The molecular formula is C22H23ClF3N3O2. The van der Waals surface area contributed by atoms with Crippen molar-refractivity contribution in [3.8, 4) is 5.75 Å². The van der Waals surface area contributed by atoms with E-state index < -0.39 is 22.9 Å². The zero-order chi connectivity index (χ0) is 22.6. The Morgan fingerprint density at radius 2 is 1.97 bits per heavy atom. The highest BCUT2D eigenvalue weighted by atomic mass is 35.5. The first-order valence-electron chi connectivity index (χ1n) is 9.88. The Bertz CT molecular complexity index is 1060. The molecule has 2 aromatic rings. The fourth-order valence-corrected chi connectivity index (χ4v) is 4.33. The highest BCUT2D eigenvalue weighted by Crippen LogP contribution is 2.50. The van der Waals surface area contributed by atoms with Crippen LogP contribution in [0.25, 0.3) is 0 Å². The van der Waals surface area contributed by atoms with E-state index in [1.807, 2.05) is 0 Å². The van der Waals surface area contributed by atoms with Gasteiger partial charge in [-0.05, 0) is 38.8 Å². The van der Waals surface area contributed by atoms with Crippen LogP contribution in [0.5, 0.6) is 5.75 Å². The molecule has 2 atom stereocenters. The fourth-order valence-electron chi connectivity index (χ4n) is 4.19. The van der Waals surface area contributed by atoms with E-state index in [0.29, 0.717) is 29.4 Å². The van der Waals surface area contributed by atoms with Crippen LogP contribution in [-0.2, 0) is 16.7 Å². The number of halogens is 4. The first kappa shape index (κ1) is 21.9. The van der Waals surface area contributed by atoms with Gasteiger partial charge in [-0.1, -0.05) is 23.7 Å². The average Bonchev–Trinajstić information content (AvgIpc) is 3.06. The molecule has 1 aromatic heterocycles. The van der Waals surface area contributed by atoms with Gasteiger partial charge in [0.2, 0.25) is 0 Å². The molecule has 0 saturated heterocycles. The molecule has 2 N–H and O–H groups in total. The number of hydrogen-bond acceptors (Lipinski definition) is 5. The molecule has 0 bridgehead atoms. The van der Waals surface area contributed by atoms with E-state index >= 15 is 8.78 Å². The Hall–Kier alpha value is -2.32. The minimum absolute atomic E-state index is 0.110. The number of rotatable bonds is 3. The van der Waals surface area contributed by atoms with Crippen LogP contribution in [0.1, 0.15) is 43.5 Å². The Balaban J connectivity index is 1.74. The Morgan fingerprint density at radius 1 is 1.23 bits per heavy atom. The standard InChI is InChI=1S/C22H23ClF3N3O2/c1-20(2)22(25,26)21(3,29-18(27)11-31-20)15-7-12(4-5-16(15)24)6-13-10-30-17-8-14(23)9-28-19(13)17/h4-5,7-9,13H,6,10-11H2,1-3H3,(H2,27,29)/t13?,21-/m1/s1. The average molecular weight is 454 g/mol. The van der Waals surface area contributed by atoms with E-state index in [9.17, 15) is 4.39 Å². The molecular weight excluding hydrogens is 431 g/mol. The number of nitrogens with two attached hydrogens (primary N) is 1. The third-order valence-electron chi connectivity index (χ3n) is 6.03. The molecule has 3 heterocycles. The molecule has 5 nitrogen and oxygen atoms in total. The number of benzene rings is 1. The maximum absolute atomic E-state index is 15.6. The summed E-state index contributed by atoms with van der Waals surface area (Å²) in [5, 5.41) is 0.465. The van der Waals surface area contributed by atoms with Crippen molar-refractivity contribution in [3.63, 3.8) is 0 Å². The number of aliphatic imine (C=N–C) groups is 1. The van der Waals surface area contributed by atoms with Crippen LogP contribution in [-0.4, -0.2) is 35.6 Å². The smallest absolute Gasteiger partial charge is 0.304 e. The molecule has 9 heteroatoms. The minimum atomic E-state index is -3.54. The predicted molar refractivity (Wildman–Crippen MR) is 112 cm³/mol. The van der Waals surface area contributed by atoms with Gasteiger partial charge < -0.3 is 15.2 Å². The van der Waals surface area contributed by atoms with E-state index in [1.54, 1.807) is 12.1 Å². The molecule has 31 heavy (non-hydrogen) atoms. The SMILES string of the molecule is CC1(C)OCC(N)=N[C@](C)(c2cc(CC3COc4cc(Cl)cnc43)ccc2F)C1(F)F. The number of fused-ring (bicyclic) bond motifs is 1. The van der Waals surface area contributed by atoms with E-state index in [4.69, 9.17) is 26.8 Å². The lowest BCUT2D eigenvalue weighted by Crippen LogP contribution is -2.56. The number of ether oxygens (including phenoxy) is 2. The second-order valence-corrected chi connectivity index (χ2v) is 9.05. The first-order chi connectivity index (χ1) is 14.4. The second-order valence-electron chi connectivity index (χ2n) is 8.61. The Morgan fingerprint density at radius 3 is 2.71 bits per heavy atom. The molecule has 0 radical (unpaired) electrons. The van der Waals surface area contributed by atoms with E-state index in [1.165, 1.54) is 39.1 Å². The summed E-state index contributed by atoms with van der Waals surface area (Å²) in [6, 6.07) is 5.87. The summed E-state index contributed by atoms with van der Waals surface area (Å²) >= 11 is 5.96. The summed E-state index contributed by atoms with van der Waals surface area (Å²) in [5.41, 5.74) is 2.81. The van der Waals surface area contributed by atoms with Crippen molar-refractivity contribution < 1.29 is 22.6 Å². The van der Waals surface area contributed by atoms with E-state index in [0.717, 1.165) is 5.69 Å². The van der Waals surface area contributed by atoms with Crippen LogP contribution in [0.4, 0.5) is 13.2 Å². The van der Waals surface area contributed by atoms with Crippen LogP contribution in [0.2, 0.25) is 5.02 Å². The molecule has 1 unspecified atom stereocenters. The number of alkyl halides is 2. The molecule has 4 rings (SSSR count). The van der Waals surface area contributed by atoms with Gasteiger partial charge >= 0.3 is 5.92 Å². The van der Waals surface area contributed by atoms with E-state index in [-0.39, 0.29) is 23.9 Å². The van der Waals surface area contributed by atoms with Crippen LogP contribution < -0.4 is 10.5 Å². The van der Waals surface area contributed by atoms with Crippen molar-refractivity contribution in [2.45, 2.75) is 50.2 Å². The number of amidine groups is 1. The lowest BCUT2D eigenvalue weighted by atomic mass is 9.77. The molecule has 0 saturated carbocycles. The summed E-state index contributed by atoms with van der Waals surface area (Å²) in [4.78, 5) is 8.37. The maximum Gasteiger partial charge on any atom is 0.304 e. The highest BCUT2D eigenvalue weighted by molar-refractivity contribution is 6.30. The molecule has 0 fully saturated rings. The largest absolute Gasteiger partial charge is 0.491 e. The van der Waals surface area contributed by atoms with Crippen molar-refractivity contribution in [2.75, 3.05) is 13.2 Å². The number of hydrogen-bond donors (Lipinski definition) is 1. The van der Waals surface area contributed by atoms with Gasteiger partial charge in [0.25, 0.3) is 0 Å². The normalized spacial score (nSPS) is 26.5. The summed E-state index contributed by atoms with van der Waals surface area (Å²) in [6.07, 6.45) is 1.96. The Kier molecular flexibility index (Phi) is 5.21. The molecule has 0 amide bonds. The van der Waals surface area contributed by atoms with Gasteiger partial charge in [0.05, 0.1) is 17.3 Å². The quantitative estimate of drug-likeness (QED) is 0.736. The van der Waals surface area contributed by atoms with Crippen LogP contribution >= 0.6 is 11.6 Å². The van der Waals surface area contributed by atoms with E-state index in [2.05, 4.69) is 9.98 Å². The Labute approximate surface area is 183 Å². The van der Waals surface area contributed by atoms with Crippen LogP contribution in [0, 0.1) is 5.82 Å². The van der Waals surface area contributed by atoms with Crippen LogP contribution in [0.15, 0.2) is 35.5 Å². The number of aromatic nitrogens is 1. The first-order valence-corrected chi connectivity index (χ1v) is 10.3. The fraction of sp³-hybridized carbons (Fsp3) is 0.455. The lowest BCUT2D eigenvalue weighted by molar-refractivity contribution is -0.214. The summed E-state index contributed by atoms with van der Waals surface area (Å²) in [6.45, 7) is 3.81. The summed E-state index contributed by atoms with van der Waals surface area (Å²) in [7, 11) is 0. The van der Waals surface area contributed by atoms with Gasteiger partial charge in [0, 0.05) is 23.7 Å². The number of nitrogens with zero attached hydrogens (tertiary/aromatic N) is 2. The molecule has 2 aliphatic heterocycles. The minimum Gasteiger partial charge on any atom is -0.491 e. The van der Waals surface area contributed by atoms with Crippen molar-refractivity contribution in [1.29, 1.82) is 0 Å². The van der Waals surface area contributed by atoms with Gasteiger partial charge in [-0.15, -0.1) is 0 Å². The van der Waals surface area contributed by atoms with Crippen molar-refractivity contribution in [3.05, 3.63) is 58.1 Å². The zero-order valence-corrected chi connectivity index (χ0v) is 18.1. The van der Waals surface area contributed by atoms with Crippen molar-refractivity contribution >= 4 is 17.4 Å². The predicted octanol–water partition coefficient (Wildman–Crippen LogP) is 4.61. The summed E-state index contributed by atoms with van der Waals surface area (Å²) < 4.78 is 57.1. The van der Waals surface area contributed by atoms with Gasteiger partial charge in [-0.3, -0.25) is 9.98 Å². The molecule has 0 aliphatic carbocycles. The molecule has 2 aliphatic rings. The highest BCUT2D eigenvalue weighted by Gasteiger charge is 2.63. The van der Waals surface area contributed by atoms with Crippen LogP contribution in [0.3, 0.4) is 0 Å². The second kappa shape index (κ2) is 7.38. The van der Waals surface area contributed by atoms with Gasteiger partial charge in [0.15, 0.2) is 5.54 Å². The molecule has 1 aromatic carbocycles. The molecule has 166 valence electrons. The van der Waals surface area contributed by atoms with Crippen molar-refractivity contribution in [2.24, 2.45) is 10.7 Å². The van der Waals surface area contributed by atoms with Gasteiger partial charge in [-0.25, -0.2) is 13.2 Å². The number of pyridine rings is 1. The third-order valence-corrected chi connectivity index (χ3v) is 6.23. The topological polar surface area (TPSA) is 69.7 Å². The summed E-state index contributed by atoms with van der Waals surface area (Å²) in [5.74, 6) is -3.95. The van der Waals surface area contributed by atoms with Gasteiger partial charge in [0.1, 0.15) is 29.6 Å². The maximum atomic E-state index is 15.6.